The molecule has 0 bridgehead atoms. The maximum absolute atomic E-state index is 13.2. The predicted molar refractivity (Wildman–Crippen MR) is 121 cm³/mol. The van der Waals surface area contributed by atoms with Gasteiger partial charge < -0.3 is 10.1 Å². The Hall–Kier alpha value is -2.71. The number of aryl methyl sites for hydroxylation is 1. The highest BCUT2D eigenvalue weighted by Crippen LogP contribution is 2.30. The number of thioether (sulfide) groups is 2. The average molecular weight is 440 g/mol. The van der Waals surface area contributed by atoms with Crippen molar-refractivity contribution >= 4 is 35.1 Å². The number of hydrogen-bond donors (Lipinski definition) is 1. The minimum atomic E-state index is -0.145. The number of carbonyl (C=O) groups is 1. The van der Waals surface area contributed by atoms with Crippen LogP contribution in [0.4, 0.5) is 5.69 Å². The van der Waals surface area contributed by atoms with Crippen LogP contribution in [0.25, 0.3) is 5.69 Å². The van der Waals surface area contributed by atoms with Crippen molar-refractivity contribution in [3.05, 3.63) is 70.6 Å². The van der Waals surface area contributed by atoms with E-state index < -0.39 is 0 Å². The van der Waals surface area contributed by atoms with E-state index >= 15 is 0 Å². The van der Waals surface area contributed by atoms with E-state index in [0.29, 0.717) is 22.3 Å². The molecule has 0 aliphatic carbocycles. The lowest BCUT2D eigenvalue weighted by atomic mass is 10.3. The number of anilines is 1. The van der Waals surface area contributed by atoms with E-state index in [1.54, 1.807) is 16.3 Å². The van der Waals surface area contributed by atoms with Gasteiger partial charge in [-0.05, 0) is 43.3 Å². The Morgan fingerprint density at radius 3 is 2.70 bits per heavy atom. The number of para-hydroxylation sites is 1. The first-order valence-electron chi connectivity index (χ1n) is 9.65. The van der Waals surface area contributed by atoms with E-state index in [0.717, 1.165) is 29.3 Å². The molecule has 0 spiro atoms. The second kappa shape index (κ2) is 9.40. The van der Waals surface area contributed by atoms with Gasteiger partial charge in [0, 0.05) is 17.9 Å². The van der Waals surface area contributed by atoms with Gasteiger partial charge in [-0.2, -0.15) is 0 Å². The van der Waals surface area contributed by atoms with E-state index in [1.807, 2.05) is 61.5 Å². The van der Waals surface area contributed by atoms with Gasteiger partial charge in [-0.15, -0.1) is 11.8 Å². The SMILES string of the molecule is CCOc1ccc(-n2c(SCC(=O)Nc3ccccc3)nc3c(c2=O)SCC3)cc1. The highest BCUT2D eigenvalue weighted by molar-refractivity contribution is 8.00. The third-order valence-corrected chi connectivity index (χ3v) is 6.51. The van der Waals surface area contributed by atoms with Crippen molar-refractivity contribution in [1.29, 1.82) is 0 Å². The van der Waals surface area contributed by atoms with Crippen LogP contribution in [0.3, 0.4) is 0 Å². The van der Waals surface area contributed by atoms with Crippen LogP contribution < -0.4 is 15.6 Å². The van der Waals surface area contributed by atoms with Crippen LogP contribution in [0.5, 0.6) is 5.75 Å². The second-order valence-corrected chi connectivity index (χ2v) is 8.59. The number of nitrogens with zero attached hydrogens (tertiary/aromatic N) is 2. The van der Waals surface area contributed by atoms with E-state index in [4.69, 9.17) is 9.72 Å². The standard InChI is InChI=1S/C22H21N3O3S2/c1-2-28-17-10-8-16(9-11-17)25-21(27)20-18(12-13-29-20)24-22(25)30-14-19(26)23-15-6-4-3-5-7-15/h3-11H,2,12-14H2,1H3,(H,23,26). The topological polar surface area (TPSA) is 73.2 Å². The number of nitrogens with one attached hydrogen (secondary N) is 1. The zero-order valence-corrected chi connectivity index (χ0v) is 18.1. The van der Waals surface area contributed by atoms with E-state index in [1.165, 1.54) is 11.8 Å². The maximum Gasteiger partial charge on any atom is 0.272 e. The Labute approximate surface area is 183 Å². The largest absolute Gasteiger partial charge is 0.494 e. The Morgan fingerprint density at radius 1 is 1.20 bits per heavy atom. The van der Waals surface area contributed by atoms with Gasteiger partial charge in [0.05, 0.1) is 28.6 Å². The molecule has 2 heterocycles. The summed E-state index contributed by atoms with van der Waals surface area (Å²) < 4.78 is 7.09. The Bertz CT molecular complexity index is 1100. The fourth-order valence-corrected chi connectivity index (χ4v) is 4.98. The third kappa shape index (κ3) is 4.55. The molecule has 0 saturated carbocycles. The van der Waals surface area contributed by atoms with Crippen molar-refractivity contribution in [2.24, 2.45) is 0 Å². The van der Waals surface area contributed by atoms with Crippen LogP contribution in [0.1, 0.15) is 12.6 Å². The molecule has 0 saturated heterocycles. The molecule has 1 N–H and O–H groups in total. The molecule has 1 aromatic heterocycles. The van der Waals surface area contributed by atoms with Crippen LogP contribution in [0.2, 0.25) is 0 Å². The van der Waals surface area contributed by atoms with Crippen molar-refractivity contribution in [2.75, 3.05) is 23.4 Å². The molecule has 1 amide bonds. The van der Waals surface area contributed by atoms with Crippen molar-refractivity contribution in [3.8, 4) is 11.4 Å². The zero-order chi connectivity index (χ0) is 20.9. The molecule has 0 atom stereocenters. The van der Waals surface area contributed by atoms with Crippen LogP contribution in [0.15, 0.2) is 69.4 Å². The van der Waals surface area contributed by atoms with Gasteiger partial charge >= 0.3 is 0 Å². The molecular formula is C22H21N3O3S2. The molecule has 8 heteroatoms. The summed E-state index contributed by atoms with van der Waals surface area (Å²) in [6, 6.07) is 16.7. The lowest BCUT2D eigenvalue weighted by Gasteiger charge is -2.14. The van der Waals surface area contributed by atoms with Gasteiger partial charge in [-0.3, -0.25) is 14.2 Å². The van der Waals surface area contributed by atoms with Gasteiger partial charge in [-0.1, -0.05) is 30.0 Å². The number of aromatic nitrogens is 2. The third-order valence-electron chi connectivity index (χ3n) is 4.46. The predicted octanol–water partition coefficient (Wildman–Crippen LogP) is 4.01. The smallest absolute Gasteiger partial charge is 0.272 e. The lowest BCUT2D eigenvalue weighted by Crippen LogP contribution is -2.24. The summed E-state index contributed by atoms with van der Waals surface area (Å²) in [7, 11) is 0. The number of carbonyl (C=O) groups excluding carboxylic acids is 1. The van der Waals surface area contributed by atoms with Gasteiger partial charge in [-0.25, -0.2) is 4.98 Å². The van der Waals surface area contributed by atoms with E-state index in [-0.39, 0.29) is 17.2 Å². The lowest BCUT2D eigenvalue weighted by molar-refractivity contribution is -0.113. The summed E-state index contributed by atoms with van der Waals surface area (Å²) in [5.74, 6) is 1.61. The average Bonchev–Trinajstić information content (AvgIpc) is 3.23. The summed E-state index contributed by atoms with van der Waals surface area (Å²) in [5, 5.41) is 3.39. The van der Waals surface area contributed by atoms with E-state index in [9.17, 15) is 9.59 Å². The van der Waals surface area contributed by atoms with Gasteiger partial charge in [0.15, 0.2) is 5.16 Å². The molecule has 154 valence electrons. The summed E-state index contributed by atoms with van der Waals surface area (Å²) in [6.07, 6.45) is 0.767. The van der Waals surface area contributed by atoms with Crippen LogP contribution in [-0.4, -0.2) is 33.6 Å². The maximum atomic E-state index is 13.2. The van der Waals surface area contributed by atoms with Crippen LogP contribution >= 0.6 is 23.5 Å². The van der Waals surface area contributed by atoms with Crippen molar-refractivity contribution in [1.82, 2.24) is 9.55 Å². The van der Waals surface area contributed by atoms with Gasteiger partial charge in [0.25, 0.3) is 5.56 Å². The summed E-state index contributed by atoms with van der Waals surface area (Å²) in [4.78, 5) is 31.0. The fraction of sp³-hybridized carbons (Fsp3) is 0.227. The normalized spacial score (nSPS) is 12.4. The Balaban J connectivity index is 1.61. The van der Waals surface area contributed by atoms with Crippen LogP contribution in [-0.2, 0) is 11.2 Å². The number of ether oxygens (including phenoxy) is 1. The molecule has 6 nitrogen and oxygen atoms in total. The minimum Gasteiger partial charge on any atom is -0.494 e. The Kier molecular flexibility index (Phi) is 6.44. The first-order chi connectivity index (χ1) is 14.7. The zero-order valence-electron chi connectivity index (χ0n) is 16.5. The van der Waals surface area contributed by atoms with Crippen molar-refractivity contribution in [3.63, 3.8) is 0 Å². The monoisotopic (exact) mass is 439 g/mol. The number of hydrogen-bond acceptors (Lipinski definition) is 6. The molecule has 1 aliphatic rings. The fourth-order valence-electron chi connectivity index (χ4n) is 3.12. The number of amides is 1. The first kappa shape index (κ1) is 20.6. The van der Waals surface area contributed by atoms with E-state index in [2.05, 4.69) is 5.32 Å². The van der Waals surface area contributed by atoms with Crippen molar-refractivity contribution < 1.29 is 9.53 Å². The van der Waals surface area contributed by atoms with Crippen LogP contribution in [0, 0.1) is 0 Å². The quantitative estimate of drug-likeness (QED) is 0.443. The molecule has 4 rings (SSSR count). The number of rotatable bonds is 7. The Morgan fingerprint density at radius 2 is 1.97 bits per heavy atom. The number of benzene rings is 2. The molecule has 3 aromatic rings. The summed E-state index contributed by atoms with van der Waals surface area (Å²) in [6.45, 7) is 2.50. The molecule has 1 aliphatic heterocycles. The first-order valence-corrected chi connectivity index (χ1v) is 11.6. The molecule has 0 fully saturated rings. The van der Waals surface area contributed by atoms with Gasteiger partial charge in [0.2, 0.25) is 5.91 Å². The molecular weight excluding hydrogens is 418 g/mol. The summed E-state index contributed by atoms with van der Waals surface area (Å²) >= 11 is 2.80. The molecule has 2 aromatic carbocycles. The van der Waals surface area contributed by atoms with Crippen molar-refractivity contribution in [2.45, 2.75) is 23.4 Å². The molecule has 0 radical (unpaired) electrons. The molecule has 30 heavy (non-hydrogen) atoms. The number of fused-ring (bicyclic) bond motifs is 1. The summed E-state index contributed by atoms with van der Waals surface area (Å²) in [5.41, 5.74) is 2.18. The van der Waals surface area contributed by atoms with Gasteiger partial charge in [0.1, 0.15) is 5.75 Å². The second-order valence-electron chi connectivity index (χ2n) is 6.54. The highest BCUT2D eigenvalue weighted by Gasteiger charge is 2.23. The molecule has 0 unspecified atom stereocenters. The minimum absolute atomic E-state index is 0.0855. The highest BCUT2D eigenvalue weighted by atomic mass is 32.2.